The van der Waals surface area contributed by atoms with Gasteiger partial charge >= 0.3 is 0 Å². The number of nitrogens with zero attached hydrogens (tertiary/aromatic N) is 1. The molecule has 0 aliphatic carbocycles. The lowest BCUT2D eigenvalue weighted by atomic mass is 10.2. The largest absolute Gasteiger partial charge is 0.313 e. The molecule has 1 heterocycles. The van der Waals surface area contributed by atoms with Gasteiger partial charge in [-0.15, -0.1) is 12.6 Å². The third kappa shape index (κ3) is 1.00. The van der Waals surface area contributed by atoms with Crippen molar-refractivity contribution in [3.8, 4) is 0 Å². The summed E-state index contributed by atoms with van der Waals surface area (Å²) in [7, 11) is 0. The molecule has 0 fully saturated rings. The third-order valence-electron chi connectivity index (χ3n) is 1.65. The number of aromatic nitrogens is 2. The Labute approximate surface area is 73.9 Å². The van der Waals surface area contributed by atoms with Crippen LogP contribution in [0.25, 0.3) is 10.9 Å². The summed E-state index contributed by atoms with van der Waals surface area (Å²) in [5.41, 5.74) is 0.514. The summed E-state index contributed by atoms with van der Waals surface area (Å²) >= 11 is 4.18. The van der Waals surface area contributed by atoms with Gasteiger partial charge in [0, 0.05) is 4.90 Å². The van der Waals surface area contributed by atoms with Gasteiger partial charge in [0.25, 0.3) is 5.56 Å². The Hall–Kier alpha value is -1.29. The highest BCUT2D eigenvalue weighted by Gasteiger charge is 2.00. The quantitative estimate of drug-likeness (QED) is 0.596. The molecule has 2 rings (SSSR count). The van der Waals surface area contributed by atoms with Crippen molar-refractivity contribution in [2.75, 3.05) is 0 Å². The molecule has 1 aromatic carbocycles. The molecule has 0 unspecified atom stereocenters. The van der Waals surface area contributed by atoms with Crippen LogP contribution in [-0.4, -0.2) is 9.97 Å². The van der Waals surface area contributed by atoms with Gasteiger partial charge in [-0.2, -0.15) is 0 Å². The van der Waals surface area contributed by atoms with Crippen LogP contribution in [0.5, 0.6) is 0 Å². The van der Waals surface area contributed by atoms with E-state index in [0.717, 1.165) is 4.90 Å². The number of thiol groups is 1. The average molecular weight is 178 g/mol. The van der Waals surface area contributed by atoms with Gasteiger partial charge in [-0.05, 0) is 12.1 Å². The van der Waals surface area contributed by atoms with Crippen molar-refractivity contribution in [2.24, 2.45) is 0 Å². The fourth-order valence-electron chi connectivity index (χ4n) is 1.08. The van der Waals surface area contributed by atoms with Crippen molar-refractivity contribution < 1.29 is 0 Å². The van der Waals surface area contributed by atoms with Gasteiger partial charge < -0.3 is 4.98 Å². The van der Waals surface area contributed by atoms with E-state index < -0.39 is 0 Å². The van der Waals surface area contributed by atoms with Crippen molar-refractivity contribution >= 4 is 23.5 Å². The molecular formula is C8H6N2OS. The maximum absolute atomic E-state index is 11.2. The minimum Gasteiger partial charge on any atom is -0.313 e. The fourth-order valence-corrected chi connectivity index (χ4v) is 1.35. The van der Waals surface area contributed by atoms with Crippen LogP contribution in [0.3, 0.4) is 0 Å². The molecule has 1 N–H and O–H groups in total. The average Bonchev–Trinajstić information content (AvgIpc) is 2.07. The lowest BCUT2D eigenvalue weighted by Crippen LogP contribution is -2.05. The molecule has 0 radical (unpaired) electrons. The molecule has 12 heavy (non-hydrogen) atoms. The second kappa shape index (κ2) is 2.64. The molecule has 0 amide bonds. The van der Waals surface area contributed by atoms with E-state index in [1.165, 1.54) is 6.33 Å². The standard InChI is InChI=1S/C8H6N2OS/c11-8-5-2-1-3-6(12)7(5)9-4-10-8/h1-4,12H,(H,9,10,11). The predicted molar refractivity (Wildman–Crippen MR) is 49.6 cm³/mol. The molecule has 0 saturated carbocycles. The molecule has 0 atom stereocenters. The smallest absolute Gasteiger partial charge is 0.258 e. The zero-order valence-corrected chi connectivity index (χ0v) is 7.01. The van der Waals surface area contributed by atoms with Crippen molar-refractivity contribution in [1.82, 2.24) is 9.97 Å². The molecule has 0 bridgehead atoms. The van der Waals surface area contributed by atoms with Gasteiger partial charge in [-0.1, -0.05) is 6.07 Å². The summed E-state index contributed by atoms with van der Waals surface area (Å²) in [5, 5.41) is 0.574. The second-order valence-electron chi connectivity index (χ2n) is 2.40. The Bertz CT molecular complexity index is 478. The number of fused-ring (bicyclic) bond motifs is 1. The first-order valence-electron chi connectivity index (χ1n) is 3.44. The number of hydrogen-bond donors (Lipinski definition) is 2. The number of para-hydroxylation sites is 1. The van der Waals surface area contributed by atoms with Gasteiger partial charge in [0.2, 0.25) is 0 Å². The van der Waals surface area contributed by atoms with E-state index >= 15 is 0 Å². The maximum Gasteiger partial charge on any atom is 0.258 e. The number of rotatable bonds is 0. The van der Waals surface area contributed by atoms with E-state index in [1.54, 1.807) is 18.2 Å². The maximum atomic E-state index is 11.2. The van der Waals surface area contributed by atoms with E-state index in [0.29, 0.717) is 10.9 Å². The van der Waals surface area contributed by atoms with Crippen molar-refractivity contribution in [2.45, 2.75) is 4.90 Å². The van der Waals surface area contributed by atoms with Gasteiger partial charge in [0.1, 0.15) is 0 Å². The Morgan fingerprint density at radius 2 is 2.25 bits per heavy atom. The number of benzene rings is 1. The van der Waals surface area contributed by atoms with Crippen molar-refractivity contribution in [3.63, 3.8) is 0 Å². The van der Waals surface area contributed by atoms with Crippen molar-refractivity contribution in [3.05, 3.63) is 34.9 Å². The third-order valence-corrected chi connectivity index (χ3v) is 2.01. The van der Waals surface area contributed by atoms with Gasteiger partial charge in [0.05, 0.1) is 17.2 Å². The lowest BCUT2D eigenvalue weighted by molar-refractivity contribution is 1.16. The zero-order valence-electron chi connectivity index (χ0n) is 6.11. The van der Waals surface area contributed by atoms with Crippen LogP contribution in [0, 0.1) is 0 Å². The van der Waals surface area contributed by atoms with Crippen LogP contribution in [0.2, 0.25) is 0 Å². The summed E-state index contributed by atoms with van der Waals surface area (Å²) in [4.78, 5) is 18.4. The zero-order chi connectivity index (χ0) is 8.55. The first-order valence-corrected chi connectivity index (χ1v) is 3.89. The van der Waals surface area contributed by atoms with Crippen LogP contribution in [0.1, 0.15) is 0 Å². The molecule has 0 spiro atoms. The minimum atomic E-state index is -0.129. The van der Waals surface area contributed by atoms with E-state index in [4.69, 9.17) is 0 Å². The van der Waals surface area contributed by atoms with Crippen LogP contribution in [0.4, 0.5) is 0 Å². The molecule has 0 aliphatic heterocycles. The Kier molecular flexibility index (Phi) is 1.62. The minimum absolute atomic E-state index is 0.129. The van der Waals surface area contributed by atoms with Gasteiger partial charge in [0.15, 0.2) is 0 Å². The van der Waals surface area contributed by atoms with E-state index in [9.17, 15) is 4.79 Å². The fraction of sp³-hybridized carbons (Fsp3) is 0. The number of H-pyrrole nitrogens is 1. The number of hydrogen-bond acceptors (Lipinski definition) is 3. The summed E-state index contributed by atoms with van der Waals surface area (Å²) < 4.78 is 0. The van der Waals surface area contributed by atoms with E-state index in [-0.39, 0.29) is 5.56 Å². The topological polar surface area (TPSA) is 45.8 Å². The molecule has 60 valence electrons. The highest BCUT2D eigenvalue weighted by atomic mass is 32.1. The highest BCUT2D eigenvalue weighted by Crippen LogP contribution is 2.15. The molecule has 3 nitrogen and oxygen atoms in total. The summed E-state index contributed by atoms with van der Waals surface area (Å²) in [6, 6.07) is 5.31. The molecule has 1 aromatic heterocycles. The second-order valence-corrected chi connectivity index (χ2v) is 2.89. The number of nitrogens with one attached hydrogen (secondary N) is 1. The van der Waals surface area contributed by atoms with Crippen LogP contribution in [-0.2, 0) is 0 Å². The summed E-state index contributed by atoms with van der Waals surface area (Å²) in [6.45, 7) is 0. The van der Waals surface area contributed by atoms with Crippen LogP contribution in [0.15, 0.2) is 34.2 Å². The van der Waals surface area contributed by atoms with Crippen LogP contribution < -0.4 is 5.56 Å². The summed E-state index contributed by atoms with van der Waals surface area (Å²) in [5.74, 6) is 0. The Morgan fingerprint density at radius 1 is 1.42 bits per heavy atom. The molecule has 4 heteroatoms. The van der Waals surface area contributed by atoms with E-state index in [1.807, 2.05) is 0 Å². The monoisotopic (exact) mass is 178 g/mol. The molecular weight excluding hydrogens is 172 g/mol. The lowest BCUT2D eigenvalue weighted by Gasteiger charge is -1.96. The predicted octanol–water partition coefficient (Wildman–Crippen LogP) is 1.21. The Morgan fingerprint density at radius 3 is 3.00 bits per heavy atom. The number of aromatic amines is 1. The SMILES string of the molecule is O=c1[nH]cnc2c(S)cccc12. The molecule has 0 aliphatic rings. The first kappa shape index (κ1) is 7.36. The highest BCUT2D eigenvalue weighted by molar-refractivity contribution is 7.80. The Balaban J connectivity index is 3.05. The molecule has 0 saturated heterocycles. The normalized spacial score (nSPS) is 10.4. The van der Waals surface area contributed by atoms with Crippen LogP contribution >= 0.6 is 12.6 Å². The first-order chi connectivity index (χ1) is 5.79. The van der Waals surface area contributed by atoms with E-state index in [2.05, 4.69) is 22.6 Å². The van der Waals surface area contributed by atoms with Crippen molar-refractivity contribution in [1.29, 1.82) is 0 Å². The summed E-state index contributed by atoms with van der Waals surface area (Å²) in [6.07, 6.45) is 1.38. The van der Waals surface area contributed by atoms with Gasteiger partial charge in [-0.25, -0.2) is 4.98 Å². The van der Waals surface area contributed by atoms with Gasteiger partial charge in [-0.3, -0.25) is 4.79 Å². The molecule has 2 aromatic rings.